The van der Waals surface area contributed by atoms with Crippen LogP contribution in [0.15, 0.2) is 82.5 Å². The molecule has 2 heterocycles. The van der Waals surface area contributed by atoms with Crippen LogP contribution >= 0.6 is 0 Å². The van der Waals surface area contributed by atoms with Gasteiger partial charge in [-0.1, -0.05) is 81.4 Å². The van der Waals surface area contributed by atoms with Gasteiger partial charge in [-0.25, -0.2) is 4.79 Å². The van der Waals surface area contributed by atoms with E-state index in [1.54, 1.807) is 0 Å². The Hall–Kier alpha value is -3.78. The highest BCUT2D eigenvalue weighted by Gasteiger charge is 2.53. The van der Waals surface area contributed by atoms with Gasteiger partial charge in [-0.3, -0.25) is 19.1 Å². The van der Waals surface area contributed by atoms with Gasteiger partial charge in [0.2, 0.25) is 0 Å². The lowest BCUT2D eigenvalue weighted by molar-refractivity contribution is -0.154. The lowest BCUT2D eigenvalue weighted by Crippen LogP contribution is -2.67. The van der Waals surface area contributed by atoms with E-state index in [0.717, 1.165) is 10.4 Å². The molecule has 0 radical (unpaired) electrons. The first kappa shape index (κ1) is 28.2. The maximum Gasteiger partial charge on any atom is 0.330 e. The Balaban J connectivity index is 1.77. The number of rotatable bonds is 8. The number of nitriles is 1. The summed E-state index contributed by atoms with van der Waals surface area (Å²) >= 11 is 0. The van der Waals surface area contributed by atoms with E-state index in [-0.39, 0.29) is 18.1 Å². The van der Waals surface area contributed by atoms with Crippen molar-refractivity contribution in [2.24, 2.45) is 5.92 Å². The molecule has 3 aromatic rings. The van der Waals surface area contributed by atoms with Crippen LogP contribution in [0.4, 0.5) is 0 Å². The van der Waals surface area contributed by atoms with Gasteiger partial charge in [0.1, 0.15) is 0 Å². The zero-order valence-corrected chi connectivity index (χ0v) is 23.5. The number of aromatic nitrogens is 2. The van der Waals surface area contributed by atoms with Crippen molar-refractivity contribution in [1.82, 2.24) is 9.55 Å². The second kappa shape index (κ2) is 11.5. The summed E-state index contributed by atoms with van der Waals surface area (Å²) in [6, 6.07) is 23.6. The minimum atomic E-state index is -2.93. The zero-order valence-electron chi connectivity index (χ0n) is 22.5. The number of esters is 1. The van der Waals surface area contributed by atoms with Gasteiger partial charge < -0.3 is 13.9 Å². The number of hydrogen-bond donors (Lipinski definition) is 1. The number of H-pyrrole nitrogens is 1. The smallest absolute Gasteiger partial charge is 0.330 e. The molecule has 4 atom stereocenters. The number of nitrogens with zero attached hydrogens (tertiary/aromatic N) is 2. The van der Waals surface area contributed by atoms with Crippen molar-refractivity contribution >= 4 is 24.7 Å². The van der Waals surface area contributed by atoms with Crippen molar-refractivity contribution in [3.8, 4) is 6.07 Å². The minimum Gasteiger partial charge on any atom is -0.457 e. The zero-order chi connectivity index (χ0) is 28.2. The largest absolute Gasteiger partial charge is 0.457 e. The molecule has 9 nitrogen and oxygen atoms in total. The molecule has 1 aliphatic heterocycles. The molecular weight excluding hydrogens is 514 g/mol. The van der Waals surface area contributed by atoms with Gasteiger partial charge in [-0.15, -0.1) is 0 Å². The van der Waals surface area contributed by atoms with Gasteiger partial charge in [0.05, 0.1) is 18.8 Å². The third-order valence-electron chi connectivity index (χ3n) is 7.13. The summed E-state index contributed by atoms with van der Waals surface area (Å²) in [4.78, 5) is 38.6. The van der Waals surface area contributed by atoms with Crippen LogP contribution in [0, 0.1) is 17.2 Å². The van der Waals surface area contributed by atoms with Crippen molar-refractivity contribution < 1.29 is 18.7 Å². The number of aromatic amines is 1. The number of carbonyl (C=O) groups excluding carboxylic acids is 1. The summed E-state index contributed by atoms with van der Waals surface area (Å²) in [6.45, 7) is 7.85. The SMILES string of the molecule is CC(=O)OC1C(CC#N)C(CO[Si](c2ccccc2)(c2ccccc2)C(C)(C)C)OC1n1ccc(=O)[nH]c1=O. The Morgan fingerprint density at radius 2 is 1.64 bits per heavy atom. The van der Waals surface area contributed by atoms with Crippen molar-refractivity contribution in [2.45, 2.75) is 57.6 Å². The highest BCUT2D eigenvalue weighted by molar-refractivity contribution is 6.99. The molecule has 1 aliphatic rings. The summed E-state index contributed by atoms with van der Waals surface area (Å²) in [5.74, 6) is -1.14. The Morgan fingerprint density at radius 1 is 1.05 bits per heavy atom. The summed E-state index contributed by atoms with van der Waals surface area (Å²) in [7, 11) is -2.93. The van der Waals surface area contributed by atoms with Crippen LogP contribution in [0.1, 0.15) is 40.3 Å². The average Bonchev–Trinajstić information content (AvgIpc) is 3.21. The highest BCUT2D eigenvalue weighted by Crippen LogP contribution is 2.41. The number of carbonyl (C=O) groups is 1. The van der Waals surface area contributed by atoms with Gasteiger partial charge in [0.15, 0.2) is 12.3 Å². The maximum atomic E-state index is 12.6. The molecule has 4 rings (SSSR count). The van der Waals surface area contributed by atoms with E-state index in [1.807, 2.05) is 36.4 Å². The minimum absolute atomic E-state index is 0.0152. The van der Waals surface area contributed by atoms with Crippen molar-refractivity contribution in [3.63, 3.8) is 0 Å². The second-order valence-electron chi connectivity index (χ2n) is 10.7. The van der Waals surface area contributed by atoms with E-state index in [9.17, 15) is 19.6 Å². The molecule has 0 aliphatic carbocycles. The third-order valence-corrected chi connectivity index (χ3v) is 12.1. The van der Waals surface area contributed by atoms with Gasteiger partial charge >= 0.3 is 11.7 Å². The molecule has 204 valence electrons. The monoisotopic (exact) mass is 547 g/mol. The van der Waals surface area contributed by atoms with E-state index >= 15 is 0 Å². The van der Waals surface area contributed by atoms with E-state index in [0.29, 0.717) is 0 Å². The third kappa shape index (κ3) is 5.66. The summed E-state index contributed by atoms with van der Waals surface area (Å²) in [5, 5.41) is 11.5. The Bertz CT molecular complexity index is 1400. The molecule has 1 saturated heterocycles. The van der Waals surface area contributed by atoms with E-state index < -0.39 is 49.9 Å². The molecule has 0 amide bonds. The standard InChI is InChI=1S/C29H33N3O6Si/c1-20(33)37-26-23(15-17-30)24(38-27(26)32-18-16-25(34)31-28(32)35)19-36-39(29(2,3)4,21-11-7-5-8-12-21)22-13-9-6-10-14-22/h5-14,16,18,23-24,26-27H,15,19H2,1-4H3,(H,31,34,35). The van der Waals surface area contributed by atoms with Crippen LogP contribution in [-0.2, 0) is 18.7 Å². The first-order valence-corrected chi connectivity index (χ1v) is 14.8. The molecule has 4 unspecified atom stereocenters. The van der Waals surface area contributed by atoms with Crippen molar-refractivity contribution in [1.29, 1.82) is 5.26 Å². The van der Waals surface area contributed by atoms with Gasteiger partial charge in [0.25, 0.3) is 13.9 Å². The predicted octanol–water partition coefficient (Wildman–Crippen LogP) is 2.47. The topological polar surface area (TPSA) is 123 Å². The van der Waals surface area contributed by atoms with Crippen LogP contribution in [-0.4, -0.2) is 42.7 Å². The molecule has 2 aromatic carbocycles. The van der Waals surface area contributed by atoms with Crippen LogP contribution in [0.5, 0.6) is 0 Å². The quantitative estimate of drug-likeness (QED) is 0.339. The number of ether oxygens (including phenoxy) is 2. The first-order chi connectivity index (χ1) is 18.6. The molecule has 1 N–H and O–H groups in total. The van der Waals surface area contributed by atoms with Crippen LogP contribution < -0.4 is 21.6 Å². The molecule has 39 heavy (non-hydrogen) atoms. The molecule has 0 bridgehead atoms. The van der Waals surface area contributed by atoms with Crippen LogP contribution in [0.25, 0.3) is 0 Å². The number of hydrogen-bond acceptors (Lipinski definition) is 7. The lowest BCUT2D eigenvalue weighted by Gasteiger charge is -2.43. The van der Waals surface area contributed by atoms with Gasteiger partial charge in [0, 0.05) is 31.5 Å². The Labute approximate surface area is 228 Å². The molecule has 1 aromatic heterocycles. The number of benzene rings is 2. The Morgan fingerprint density at radius 3 is 2.13 bits per heavy atom. The number of nitrogens with one attached hydrogen (secondary N) is 1. The maximum absolute atomic E-state index is 12.6. The molecule has 0 spiro atoms. The predicted molar refractivity (Wildman–Crippen MR) is 148 cm³/mol. The van der Waals surface area contributed by atoms with Gasteiger partial charge in [-0.2, -0.15) is 5.26 Å². The fourth-order valence-corrected chi connectivity index (χ4v) is 10.0. The Kier molecular flexibility index (Phi) is 8.35. The highest BCUT2D eigenvalue weighted by atomic mass is 28.4. The molecular formula is C29H33N3O6Si. The molecule has 0 saturated carbocycles. The fraction of sp³-hybridized carbons (Fsp3) is 0.379. The molecule has 1 fully saturated rings. The van der Waals surface area contributed by atoms with E-state index in [4.69, 9.17) is 13.9 Å². The second-order valence-corrected chi connectivity index (χ2v) is 15.0. The average molecular weight is 548 g/mol. The first-order valence-electron chi connectivity index (χ1n) is 12.8. The van der Waals surface area contributed by atoms with Crippen molar-refractivity contribution in [2.75, 3.05) is 6.61 Å². The van der Waals surface area contributed by atoms with Crippen molar-refractivity contribution in [3.05, 3.63) is 93.8 Å². The fourth-order valence-electron chi connectivity index (χ4n) is 5.45. The van der Waals surface area contributed by atoms with Crippen LogP contribution in [0.3, 0.4) is 0 Å². The summed E-state index contributed by atoms with van der Waals surface area (Å²) in [6.07, 6.45) is -1.32. The van der Waals surface area contributed by atoms with Gasteiger partial charge in [-0.05, 0) is 15.4 Å². The van der Waals surface area contributed by atoms with Crippen LogP contribution in [0.2, 0.25) is 5.04 Å². The summed E-state index contributed by atoms with van der Waals surface area (Å²) in [5.41, 5.74) is -1.26. The molecule has 10 heteroatoms. The van der Waals surface area contributed by atoms with E-state index in [2.05, 4.69) is 56.1 Å². The normalized spacial score (nSPS) is 21.3. The lowest BCUT2D eigenvalue weighted by atomic mass is 9.95. The van der Waals surface area contributed by atoms with E-state index in [1.165, 1.54) is 23.8 Å². The summed E-state index contributed by atoms with van der Waals surface area (Å²) < 4.78 is 20.2.